The van der Waals surface area contributed by atoms with E-state index in [-0.39, 0.29) is 5.82 Å². The molecule has 1 heterocycles. The molecule has 1 unspecified atom stereocenters. The fourth-order valence-electron chi connectivity index (χ4n) is 2.27. The highest BCUT2D eigenvalue weighted by Crippen LogP contribution is 2.26. The molecule has 0 saturated carbocycles. The molecule has 0 bridgehead atoms. The molecule has 0 spiro atoms. The van der Waals surface area contributed by atoms with Gasteiger partial charge in [-0.25, -0.2) is 14.8 Å². The molecule has 2 rings (SSSR count). The lowest BCUT2D eigenvalue weighted by molar-refractivity contribution is 0.0684. The Labute approximate surface area is 118 Å². The number of aromatic carboxylic acids is 1. The third kappa shape index (κ3) is 2.57. The van der Waals surface area contributed by atoms with E-state index >= 15 is 0 Å². The second-order valence-electron chi connectivity index (χ2n) is 4.74. The van der Waals surface area contributed by atoms with E-state index in [0.717, 1.165) is 18.4 Å². The van der Waals surface area contributed by atoms with E-state index in [9.17, 15) is 9.90 Å². The number of hydrogen-bond donors (Lipinski definition) is 1. The molecular formula is C15H19N3O2. The van der Waals surface area contributed by atoms with Crippen LogP contribution in [-0.4, -0.2) is 33.6 Å². The van der Waals surface area contributed by atoms with Crippen molar-refractivity contribution in [1.29, 1.82) is 0 Å². The van der Waals surface area contributed by atoms with Gasteiger partial charge in [-0.05, 0) is 32.4 Å². The minimum absolute atomic E-state index is 0.152. The van der Waals surface area contributed by atoms with Crippen LogP contribution in [0.5, 0.6) is 0 Å². The van der Waals surface area contributed by atoms with Gasteiger partial charge in [0.1, 0.15) is 5.82 Å². The predicted octanol–water partition coefficient (Wildman–Crippen LogP) is 2.95. The monoisotopic (exact) mass is 273 g/mol. The summed E-state index contributed by atoms with van der Waals surface area (Å²) in [6.45, 7) is 7.04. The zero-order valence-corrected chi connectivity index (χ0v) is 12.0. The Bertz CT molecular complexity index is 628. The first-order valence-corrected chi connectivity index (χ1v) is 6.85. The van der Waals surface area contributed by atoms with E-state index in [2.05, 4.69) is 28.7 Å². The lowest BCUT2D eigenvalue weighted by atomic mass is 10.1. The summed E-state index contributed by atoms with van der Waals surface area (Å²) >= 11 is 0. The smallest absolute Gasteiger partial charge is 0.374 e. The van der Waals surface area contributed by atoms with E-state index in [1.54, 1.807) is 0 Å². The van der Waals surface area contributed by atoms with Gasteiger partial charge in [-0.3, -0.25) is 0 Å². The Kier molecular flexibility index (Phi) is 4.17. The lowest BCUT2D eigenvalue weighted by Crippen LogP contribution is -2.33. The number of carboxylic acids is 1. The summed E-state index contributed by atoms with van der Waals surface area (Å²) in [5.74, 6) is -0.553. The normalized spacial score (nSPS) is 12.3. The van der Waals surface area contributed by atoms with Crippen molar-refractivity contribution in [2.75, 3.05) is 11.4 Å². The van der Waals surface area contributed by atoms with Crippen LogP contribution in [0.1, 0.15) is 37.8 Å². The van der Waals surface area contributed by atoms with Crippen LogP contribution in [0.3, 0.4) is 0 Å². The van der Waals surface area contributed by atoms with Crippen molar-refractivity contribution in [3.8, 4) is 0 Å². The van der Waals surface area contributed by atoms with E-state index in [4.69, 9.17) is 0 Å². The number of benzene rings is 1. The van der Waals surface area contributed by atoms with E-state index in [1.807, 2.05) is 31.2 Å². The Morgan fingerprint density at radius 3 is 2.60 bits per heavy atom. The minimum Gasteiger partial charge on any atom is -0.475 e. The molecule has 2 aromatic rings. The molecule has 0 fully saturated rings. The Morgan fingerprint density at radius 2 is 2.00 bits per heavy atom. The van der Waals surface area contributed by atoms with Crippen LogP contribution >= 0.6 is 0 Å². The Hall–Kier alpha value is -2.17. The van der Waals surface area contributed by atoms with Gasteiger partial charge in [0.2, 0.25) is 5.82 Å². The Morgan fingerprint density at radius 1 is 1.30 bits per heavy atom. The van der Waals surface area contributed by atoms with Crippen LogP contribution in [0, 0.1) is 0 Å². The van der Waals surface area contributed by atoms with Crippen LogP contribution in [0.2, 0.25) is 0 Å². The summed E-state index contributed by atoms with van der Waals surface area (Å²) in [5.41, 5.74) is 0.664. The van der Waals surface area contributed by atoms with Gasteiger partial charge < -0.3 is 10.0 Å². The molecule has 0 aliphatic carbocycles. The topological polar surface area (TPSA) is 66.3 Å². The lowest BCUT2D eigenvalue weighted by Gasteiger charge is -2.29. The molecule has 5 heteroatoms. The van der Waals surface area contributed by atoms with E-state index in [1.165, 1.54) is 0 Å². The highest BCUT2D eigenvalue weighted by Gasteiger charge is 2.19. The van der Waals surface area contributed by atoms with Crippen LogP contribution in [0.25, 0.3) is 10.9 Å². The Balaban J connectivity index is 2.68. The summed E-state index contributed by atoms with van der Waals surface area (Å²) in [5, 5.41) is 10.1. The van der Waals surface area contributed by atoms with E-state index in [0.29, 0.717) is 17.4 Å². The van der Waals surface area contributed by atoms with Gasteiger partial charge in [0.25, 0.3) is 0 Å². The molecular weight excluding hydrogens is 254 g/mol. The van der Waals surface area contributed by atoms with Crippen LogP contribution in [-0.2, 0) is 0 Å². The highest BCUT2D eigenvalue weighted by molar-refractivity contribution is 5.93. The fourth-order valence-corrected chi connectivity index (χ4v) is 2.27. The summed E-state index contributed by atoms with van der Waals surface area (Å²) in [6.07, 6.45) is 0.967. The molecule has 20 heavy (non-hydrogen) atoms. The van der Waals surface area contributed by atoms with Gasteiger partial charge in [0, 0.05) is 18.0 Å². The van der Waals surface area contributed by atoms with Crippen molar-refractivity contribution in [2.24, 2.45) is 0 Å². The maximum Gasteiger partial charge on any atom is 0.374 e. The number of carboxylic acid groups (broad SMARTS) is 1. The van der Waals surface area contributed by atoms with Gasteiger partial charge in [-0.15, -0.1) is 0 Å². The first-order chi connectivity index (χ1) is 9.58. The number of nitrogens with zero attached hydrogens (tertiary/aromatic N) is 3. The minimum atomic E-state index is -1.10. The molecule has 0 aliphatic heterocycles. The van der Waals surface area contributed by atoms with Crippen LogP contribution in [0.4, 0.5) is 5.82 Å². The standard InChI is InChI=1S/C15H19N3O2/c1-4-10(3)18(5-2)14-11-8-6-7-9-12(11)16-13(17-14)15(19)20/h6-10H,4-5H2,1-3H3,(H,19,20). The third-order valence-electron chi connectivity index (χ3n) is 3.51. The van der Waals surface area contributed by atoms with Gasteiger partial charge in [0.05, 0.1) is 5.52 Å². The van der Waals surface area contributed by atoms with Crippen LogP contribution in [0.15, 0.2) is 24.3 Å². The zero-order valence-electron chi connectivity index (χ0n) is 12.0. The van der Waals surface area contributed by atoms with Gasteiger partial charge >= 0.3 is 5.97 Å². The number of aromatic nitrogens is 2. The molecule has 0 aliphatic rings. The third-order valence-corrected chi connectivity index (χ3v) is 3.51. The fraction of sp³-hybridized carbons (Fsp3) is 0.400. The van der Waals surface area contributed by atoms with Crippen molar-refractivity contribution in [3.63, 3.8) is 0 Å². The molecule has 1 aromatic carbocycles. The number of hydrogen-bond acceptors (Lipinski definition) is 4. The number of fused-ring (bicyclic) bond motifs is 1. The van der Waals surface area contributed by atoms with Gasteiger partial charge in [-0.2, -0.15) is 0 Å². The summed E-state index contributed by atoms with van der Waals surface area (Å²) < 4.78 is 0. The first kappa shape index (κ1) is 14.2. The first-order valence-electron chi connectivity index (χ1n) is 6.85. The van der Waals surface area contributed by atoms with Gasteiger partial charge in [0.15, 0.2) is 0 Å². The van der Waals surface area contributed by atoms with Gasteiger partial charge in [-0.1, -0.05) is 19.1 Å². The average molecular weight is 273 g/mol. The average Bonchev–Trinajstić information content (AvgIpc) is 2.47. The summed E-state index contributed by atoms with van der Waals surface area (Å²) in [4.78, 5) is 21.7. The van der Waals surface area contributed by atoms with Crippen LogP contribution < -0.4 is 4.90 Å². The molecule has 1 atom stereocenters. The number of rotatable bonds is 5. The maximum atomic E-state index is 11.2. The zero-order chi connectivity index (χ0) is 14.7. The summed E-state index contributed by atoms with van der Waals surface area (Å²) in [7, 11) is 0. The summed E-state index contributed by atoms with van der Waals surface area (Å²) in [6, 6.07) is 7.81. The quantitative estimate of drug-likeness (QED) is 0.907. The molecule has 106 valence electrons. The molecule has 0 radical (unpaired) electrons. The van der Waals surface area contributed by atoms with Crippen molar-refractivity contribution in [1.82, 2.24) is 9.97 Å². The van der Waals surface area contributed by atoms with Crippen molar-refractivity contribution < 1.29 is 9.90 Å². The molecule has 1 N–H and O–H groups in total. The molecule has 5 nitrogen and oxygen atoms in total. The van der Waals surface area contributed by atoms with E-state index < -0.39 is 5.97 Å². The van der Waals surface area contributed by atoms with Crippen molar-refractivity contribution in [2.45, 2.75) is 33.2 Å². The SMILES string of the molecule is CCC(C)N(CC)c1nc(C(=O)O)nc2ccccc12. The molecule has 0 saturated heterocycles. The number of para-hydroxylation sites is 1. The predicted molar refractivity (Wildman–Crippen MR) is 79.3 cm³/mol. The largest absolute Gasteiger partial charge is 0.475 e. The second-order valence-corrected chi connectivity index (χ2v) is 4.74. The molecule has 1 aromatic heterocycles. The molecule has 0 amide bonds. The van der Waals surface area contributed by atoms with Crippen molar-refractivity contribution >= 4 is 22.7 Å². The second kappa shape index (κ2) is 5.86. The maximum absolute atomic E-state index is 11.2. The number of anilines is 1. The van der Waals surface area contributed by atoms with Crippen molar-refractivity contribution in [3.05, 3.63) is 30.1 Å². The highest BCUT2D eigenvalue weighted by atomic mass is 16.4. The number of carbonyl (C=O) groups is 1.